The largest absolute Gasteiger partial charge is 0.516 e. The topological polar surface area (TPSA) is 20.2 Å². The molecule has 0 bridgehead atoms. The maximum absolute atomic E-state index is 8.88. The van der Waals surface area contributed by atoms with Crippen LogP contribution < -0.4 is 0 Å². The summed E-state index contributed by atoms with van der Waals surface area (Å²) in [6, 6.07) is 0. The van der Waals surface area contributed by atoms with Crippen LogP contribution in [0, 0.1) is 11.3 Å². The lowest BCUT2D eigenvalue weighted by molar-refractivity contribution is 0.229. The first-order chi connectivity index (χ1) is 5.03. The van der Waals surface area contributed by atoms with Crippen LogP contribution in [0.2, 0.25) is 0 Å². The van der Waals surface area contributed by atoms with Crippen molar-refractivity contribution in [3.05, 3.63) is 11.8 Å². The number of rotatable bonds is 0. The Bertz CT molecular complexity index is 168. The van der Waals surface area contributed by atoms with Gasteiger partial charge in [0, 0.05) is 0 Å². The molecule has 1 nitrogen and oxygen atoms in total. The van der Waals surface area contributed by atoms with Crippen molar-refractivity contribution in [3.8, 4) is 0 Å². The van der Waals surface area contributed by atoms with Gasteiger partial charge in [-0.1, -0.05) is 20.8 Å². The zero-order valence-corrected chi connectivity index (χ0v) is 7.72. The number of hydrogen-bond donors (Lipinski definition) is 1. The summed E-state index contributed by atoms with van der Waals surface area (Å²) >= 11 is 0. The van der Waals surface area contributed by atoms with Gasteiger partial charge in [0.05, 0.1) is 6.26 Å². The van der Waals surface area contributed by atoms with E-state index >= 15 is 0 Å². The monoisotopic (exact) mass is 154 g/mol. The number of aliphatic hydroxyl groups is 1. The van der Waals surface area contributed by atoms with Crippen LogP contribution in [0.1, 0.15) is 40.0 Å². The van der Waals surface area contributed by atoms with Gasteiger partial charge in [0.25, 0.3) is 0 Å². The van der Waals surface area contributed by atoms with Crippen molar-refractivity contribution >= 4 is 0 Å². The second-order valence-corrected chi connectivity index (χ2v) is 4.64. The highest BCUT2D eigenvalue weighted by molar-refractivity contribution is 5.06. The molecule has 0 aromatic carbocycles. The molecule has 1 saturated carbocycles. The summed E-state index contributed by atoms with van der Waals surface area (Å²) in [5, 5.41) is 8.88. The lowest BCUT2D eigenvalue weighted by Gasteiger charge is -2.34. The molecule has 1 unspecified atom stereocenters. The number of allylic oxidation sites excluding steroid dienone is 1. The van der Waals surface area contributed by atoms with E-state index in [1.165, 1.54) is 18.3 Å². The Morgan fingerprint density at radius 2 is 2.18 bits per heavy atom. The van der Waals surface area contributed by atoms with Gasteiger partial charge >= 0.3 is 0 Å². The minimum Gasteiger partial charge on any atom is -0.516 e. The van der Waals surface area contributed by atoms with E-state index in [0.717, 1.165) is 18.8 Å². The lowest BCUT2D eigenvalue weighted by atomic mass is 9.71. The van der Waals surface area contributed by atoms with Crippen molar-refractivity contribution in [2.75, 3.05) is 0 Å². The van der Waals surface area contributed by atoms with Crippen LogP contribution in [0.25, 0.3) is 0 Å². The predicted octanol–water partition coefficient (Wildman–Crippen LogP) is 3.27. The molecule has 0 radical (unpaired) electrons. The standard InChI is InChI=1S/C10H18O/c1-8-4-9(7-11)6-10(2,3)5-8/h7-8,11H,4-6H2,1-3H3. The van der Waals surface area contributed by atoms with Crippen molar-refractivity contribution in [1.29, 1.82) is 0 Å². The molecule has 0 amide bonds. The summed E-state index contributed by atoms with van der Waals surface area (Å²) in [5.41, 5.74) is 1.61. The highest BCUT2D eigenvalue weighted by atomic mass is 16.2. The molecular weight excluding hydrogens is 136 g/mol. The maximum Gasteiger partial charge on any atom is 0.0783 e. The second-order valence-electron chi connectivity index (χ2n) is 4.64. The molecule has 1 aliphatic carbocycles. The zero-order valence-electron chi connectivity index (χ0n) is 7.72. The molecule has 11 heavy (non-hydrogen) atoms. The van der Waals surface area contributed by atoms with Crippen LogP contribution in [0.4, 0.5) is 0 Å². The molecule has 1 heteroatoms. The van der Waals surface area contributed by atoms with Crippen molar-refractivity contribution in [3.63, 3.8) is 0 Å². The van der Waals surface area contributed by atoms with Crippen LogP contribution in [0.5, 0.6) is 0 Å². The summed E-state index contributed by atoms with van der Waals surface area (Å²) in [5.74, 6) is 0.733. The lowest BCUT2D eigenvalue weighted by Crippen LogP contribution is -2.22. The van der Waals surface area contributed by atoms with Crippen LogP contribution in [0.15, 0.2) is 11.8 Å². The second kappa shape index (κ2) is 2.88. The molecule has 0 aromatic heterocycles. The zero-order chi connectivity index (χ0) is 8.48. The molecule has 1 rings (SSSR count). The van der Waals surface area contributed by atoms with Crippen molar-refractivity contribution in [2.24, 2.45) is 11.3 Å². The molecule has 0 spiro atoms. The van der Waals surface area contributed by atoms with Crippen molar-refractivity contribution in [1.82, 2.24) is 0 Å². The van der Waals surface area contributed by atoms with E-state index in [1.807, 2.05) is 0 Å². The van der Waals surface area contributed by atoms with Crippen molar-refractivity contribution in [2.45, 2.75) is 40.0 Å². The van der Waals surface area contributed by atoms with E-state index in [9.17, 15) is 0 Å². The maximum atomic E-state index is 8.88. The molecular formula is C10H18O. The first kappa shape index (κ1) is 8.63. The van der Waals surface area contributed by atoms with Gasteiger partial charge in [-0.25, -0.2) is 0 Å². The average Bonchev–Trinajstić information content (AvgIpc) is 1.83. The van der Waals surface area contributed by atoms with Gasteiger partial charge in [0.1, 0.15) is 0 Å². The predicted molar refractivity (Wildman–Crippen MR) is 47.5 cm³/mol. The Morgan fingerprint density at radius 1 is 1.55 bits per heavy atom. The smallest absolute Gasteiger partial charge is 0.0783 e. The normalized spacial score (nSPS) is 34.1. The Balaban J connectivity index is 2.66. The molecule has 0 heterocycles. The Kier molecular flexibility index (Phi) is 2.26. The average molecular weight is 154 g/mol. The van der Waals surface area contributed by atoms with E-state index in [1.54, 1.807) is 0 Å². The fraction of sp³-hybridized carbons (Fsp3) is 0.800. The molecule has 1 N–H and O–H groups in total. The van der Waals surface area contributed by atoms with E-state index in [4.69, 9.17) is 5.11 Å². The van der Waals surface area contributed by atoms with Gasteiger partial charge in [0.2, 0.25) is 0 Å². The first-order valence-electron chi connectivity index (χ1n) is 4.35. The highest BCUT2D eigenvalue weighted by Gasteiger charge is 2.28. The first-order valence-corrected chi connectivity index (χ1v) is 4.35. The van der Waals surface area contributed by atoms with Gasteiger partial charge in [-0.2, -0.15) is 0 Å². The molecule has 0 aliphatic heterocycles. The van der Waals surface area contributed by atoms with Gasteiger partial charge in [-0.05, 0) is 36.2 Å². The fourth-order valence-electron chi connectivity index (χ4n) is 2.32. The molecule has 1 aliphatic rings. The van der Waals surface area contributed by atoms with E-state index in [2.05, 4.69) is 20.8 Å². The van der Waals surface area contributed by atoms with Crippen LogP contribution in [0.3, 0.4) is 0 Å². The minimum atomic E-state index is 0.395. The summed E-state index contributed by atoms with van der Waals surface area (Å²) in [6.45, 7) is 6.79. The third-order valence-electron chi connectivity index (χ3n) is 2.40. The third-order valence-corrected chi connectivity index (χ3v) is 2.40. The van der Waals surface area contributed by atoms with E-state index < -0.39 is 0 Å². The third kappa shape index (κ3) is 2.25. The molecule has 1 atom stereocenters. The molecule has 0 aromatic rings. The van der Waals surface area contributed by atoms with Gasteiger partial charge < -0.3 is 5.11 Å². The Morgan fingerprint density at radius 3 is 2.64 bits per heavy atom. The van der Waals surface area contributed by atoms with E-state index in [0.29, 0.717) is 5.41 Å². The van der Waals surface area contributed by atoms with Gasteiger partial charge in [-0.15, -0.1) is 0 Å². The summed E-state index contributed by atoms with van der Waals surface area (Å²) in [6.07, 6.45) is 4.73. The van der Waals surface area contributed by atoms with Crippen LogP contribution in [-0.2, 0) is 0 Å². The summed E-state index contributed by atoms with van der Waals surface area (Å²) < 4.78 is 0. The highest BCUT2D eigenvalue weighted by Crippen LogP contribution is 2.40. The SMILES string of the molecule is CC1CC(=CO)CC(C)(C)C1. The van der Waals surface area contributed by atoms with E-state index in [-0.39, 0.29) is 0 Å². The van der Waals surface area contributed by atoms with Gasteiger partial charge in [-0.3, -0.25) is 0 Å². The quantitative estimate of drug-likeness (QED) is 0.531. The summed E-state index contributed by atoms with van der Waals surface area (Å²) in [4.78, 5) is 0. The molecule has 0 saturated heterocycles. The van der Waals surface area contributed by atoms with Crippen molar-refractivity contribution < 1.29 is 5.11 Å². The minimum absolute atomic E-state index is 0.395. The van der Waals surface area contributed by atoms with Gasteiger partial charge in [0.15, 0.2) is 0 Å². The van der Waals surface area contributed by atoms with Crippen LogP contribution >= 0.6 is 0 Å². The summed E-state index contributed by atoms with van der Waals surface area (Å²) in [7, 11) is 0. The van der Waals surface area contributed by atoms with Crippen LogP contribution in [-0.4, -0.2) is 5.11 Å². The number of hydrogen-bond acceptors (Lipinski definition) is 1. The Hall–Kier alpha value is -0.460. The Labute approximate surface area is 69.1 Å². The molecule has 64 valence electrons. The fourth-order valence-corrected chi connectivity index (χ4v) is 2.32. The molecule has 1 fully saturated rings. The number of aliphatic hydroxyl groups excluding tert-OH is 1.